The molecule has 0 fully saturated rings. The maximum absolute atomic E-state index is 13.7. The molecule has 82 valence electrons. The maximum Gasteiger partial charge on any atom is 0.197 e. The highest BCUT2D eigenvalue weighted by atomic mass is 32.1. The summed E-state index contributed by atoms with van der Waals surface area (Å²) in [6, 6.07) is 6.32. The predicted molar refractivity (Wildman–Crippen MR) is 61.4 cm³/mol. The fourth-order valence-electron chi connectivity index (χ4n) is 1.37. The number of benzene rings is 1. The highest BCUT2D eigenvalue weighted by Crippen LogP contribution is 2.24. The predicted octanol–water partition coefficient (Wildman–Crippen LogP) is 2.95. The molecule has 0 amide bonds. The lowest BCUT2D eigenvalue weighted by molar-refractivity contribution is 0.411. The second-order valence-electron chi connectivity index (χ2n) is 3.13. The van der Waals surface area contributed by atoms with Gasteiger partial charge >= 0.3 is 0 Å². The Morgan fingerprint density at radius 2 is 2.19 bits per heavy atom. The van der Waals surface area contributed by atoms with Crippen LogP contribution in [0.3, 0.4) is 0 Å². The van der Waals surface area contributed by atoms with Gasteiger partial charge in [-0.25, -0.2) is 9.37 Å². The first-order valence-corrected chi connectivity index (χ1v) is 5.01. The van der Waals surface area contributed by atoms with Crippen LogP contribution in [0.15, 0.2) is 30.5 Å². The molecule has 5 heteroatoms. The molecule has 0 saturated heterocycles. The van der Waals surface area contributed by atoms with E-state index in [-0.39, 0.29) is 5.82 Å². The normalized spacial score (nSPS) is 10.1. The number of nitrogens with zero attached hydrogens (tertiary/aromatic N) is 1. The monoisotopic (exact) mass is 236 g/mol. The fourth-order valence-corrected chi connectivity index (χ4v) is 1.54. The Hall–Kier alpha value is -1.75. The molecule has 0 aliphatic carbocycles. The first kappa shape index (κ1) is 10.8. The molecule has 1 aromatic heterocycles. The zero-order valence-corrected chi connectivity index (χ0v) is 9.34. The molecular weight excluding hydrogens is 227 g/mol. The molecule has 1 aromatic carbocycles. The molecule has 1 heterocycles. The van der Waals surface area contributed by atoms with E-state index in [0.29, 0.717) is 21.8 Å². The number of nitrogens with one attached hydrogen (secondary N) is 1. The quantitative estimate of drug-likeness (QED) is 0.815. The van der Waals surface area contributed by atoms with Gasteiger partial charge in [0.1, 0.15) is 11.6 Å². The molecule has 0 atom stereocenters. The van der Waals surface area contributed by atoms with Crippen LogP contribution in [0.4, 0.5) is 4.39 Å². The first-order valence-electron chi connectivity index (χ1n) is 4.60. The number of hydrogen-bond acceptors (Lipinski definition) is 3. The molecule has 0 saturated carbocycles. The molecule has 2 aromatic rings. The third-order valence-electron chi connectivity index (χ3n) is 2.14. The van der Waals surface area contributed by atoms with Crippen LogP contribution in [-0.2, 0) is 0 Å². The minimum absolute atomic E-state index is 0.327. The highest BCUT2D eigenvalue weighted by Gasteiger charge is 2.06. The van der Waals surface area contributed by atoms with Crippen molar-refractivity contribution < 1.29 is 9.13 Å². The van der Waals surface area contributed by atoms with Gasteiger partial charge in [0.15, 0.2) is 4.77 Å². The SMILES string of the molecule is COc1ccc(-c2ccnc(=S)[nH]2)c(F)c1. The summed E-state index contributed by atoms with van der Waals surface area (Å²) >= 11 is 4.88. The summed E-state index contributed by atoms with van der Waals surface area (Å²) < 4.78 is 19.0. The van der Waals surface area contributed by atoms with Crippen LogP contribution in [0.25, 0.3) is 11.3 Å². The Balaban J connectivity index is 2.52. The lowest BCUT2D eigenvalue weighted by Gasteiger charge is -2.05. The van der Waals surface area contributed by atoms with Crippen molar-refractivity contribution in [2.45, 2.75) is 0 Å². The Morgan fingerprint density at radius 1 is 1.38 bits per heavy atom. The fraction of sp³-hybridized carbons (Fsp3) is 0.0909. The van der Waals surface area contributed by atoms with Gasteiger partial charge in [-0.15, -0.1) is 0 Å². The Bertz CT molecular complexity index is 568. The Labute approximate surface area is 96.9 Å². The van der Waals surface area contributed by atoms with Gasteiger partial charge in [-0.2, -0.15) is 0 Å². The summed E-state index contributed by atoms with van der Waals surface area (Å²) in [7, 11) is 1.49. The smallest absolute Gasteiger partial charge is 0.197 e. The van der Waals surface area contributed by atoms with Crippen LogP contribution in [-0.4, -0.2) is 17.1 Å². The summed E-state index contributed by atoms with van der Waals surface area (Å²) in [5.74, 6) is 0.116. The molecule has 0 spiro atoms. The van der Waals surface area contributed by atoms with Gasteiger partial charge in [-0.3, -0.25) is 0 Å². The number of aromatic amines is 1. The number of hydrogen-bond donors (Lipinski definition) is 1. The van der Waals surface area contributed by atoms with Crippen molar-refractivity contribution >= 4 is 12.2 Å². The maximum atomic E-state index is 13.7. The van der Waals surface area contributed by atoms with Crippen LogP contribution in [0.1, 0.15) is 0 Å². The molecule has 1 N–H and O–H groups in total. The minimum atomic E-state index is -0.365. The highest BCUT2D eigenvalue weighted by molar-refractivity contribution is 7.71. The van der Waals surface area contributed by atoms with Gasteiger partial charge in [0.25, 0.3) is 0 Å². The van der Waals surface area contributed by atoms with Crippen LogP contribution >= 0.6 is 12.2 Å². The number of H-pyrrole nitrogens is 1. The van der Waals surface area contributed by atoms with Gasteiger partial charge in [-0.1, -0.05) is 0 Å². The largest absolute Gasteiger partial charge is 0.497 e. The van der Waals surface area contributed by atoms with Crippen LogP contribution in [0.5, 0.6) is 5.75 Å². The Morgan fingerprint density at radius 3 is 2.81 bits per heavy atom. The van der Waals surface area contributed by atoms with Gasteiger partial charge in [0, 0.05) is 17.8 Å². The van der Waals surface area contributed by atoms with E-state index in [1.807, 2.05) is 0 Å². The van der Waals surface area contributed by atoms with E-state index in [1.165, 1.54) is 19.4 Å². The third-order valence-corrected chi connectivity index (χ3v) is 2.35. The molecular formula is C11H9FN2OS. The van der Waals surface area contributed by atoms with E-state index in [9.17, 15) is 4.39 Å². The van der Waals surface area contributed by atoms with E-state index >= 15 is 0 Å². The molecule has 2 rings (SSSR count). The zero-order valence-electron chi connectivity index (χ0n) is 8.53. The van der Waals surface area contributed by atoms with E-state index < -0.39 is 0 Å². The summed E-state index contributed by atoms with van der Waals surface area (Å²) in [6.45, 7) is 0. The topological polar surface area (TPSA) is 37.9 Å². The molecule has 0 bridgehead atoms. The minimum Gasteiger partial charge on any atom is -0.497 e. The van der Waals surface area contributed by atoms with Crippen molar-refractivity contribution in [2.24, 2.45) is 0 Å². The molecule has 0 aliphatic rings. The second kappa shape index (κ2) is 4.40. The standard InChI is InChI=1S/C11H9FN2OS/c1-15-7-2-3-8(9(12)6-7)10-4-5-13-11(16)14-10/h2-6H,1H3,(H,13,14,16). The average Bonchev–Trinajstić information content (AvgIpc) is 2.28. The number of halogens is 1. The van der Waals surface area contributed by atoms with Gasteiger partial charge in [0.2, 0.25) is 0 Å². The summed E-state index contributed by atoms with van der Waals surface area (Å²) in [5, 5.41) is 0. The van der Waals surface area contributed by atoms with Crippen molar-refractivity contribution in [3.8, 4) is 17.0 Å². The van der Waals surface area contributed by atoms with Crippen LogP contribution in [0, 0.1) is 10.6 Å². The van der Waals surface area contributed by atoms with Crippen LogP contribution in [0.2, 0.25) is 0 Å². The number of aromatic nitrogens is 2. The third kappa shape index (κ3) is 2.09. The van der Waals surface area contributed by atoms with Crippen molar-refractivity contribution in [1.29, 1.82) is 0 Å². The van der Waals surface area contributed by atoms with E-state index in [1.54, 1.807) is 18.2 Å². The van der Waals surface area contributed by atoms with E-state index in [4.69, 9.17) is 17.0 Å². The summed E-state index contributed by atoms with van der Waals surface area (Å²) in [5.41, 5.74) is 1.04. The number of ether oxygens (including phenoxy) is 1. The molecule has 16 heavy (non-hydrogen) atoms. The molecule has 0 unspecified atom stereocenters. The van der Waals surface area contributed by atoms with Gasteiger partial charge in [-0.05, 0) is 30.4 Å². The van der Waals surface area contributed by atoms with Gasteiger partial charge < -0.3 is 9.72 Å². The lowest BCUT2D eigenvalue weighted by atomic mass is 10.1. The lowest BCUT2D eigenvalue weighted by Crippen LogP contribution is -1.91. The molecule has 0 aliphatic heterocycles. The summed E-state index contributed by atoms with van der Waals surface area (Å²) in [6.07, 6.45) is 1.54. The molecule has 0 radical (unpaired) electrons. The molecule has 3 nitrogen and oxygen atoms in total. The first-order chi connectivity index (χ1) is 7.70. The van der Waals surface area contributed by atoms with Crippen LogP contribution < -0.4 is 4.74 Å². The van der Waals surface area contributed by atoms with Crippen molar-refractivity contribution in [2.75, 3.05) is 7.11 Å². The van der Waals surface area contributed by atoms with Gasteiger partial charge in [0.05, 0.1) is 12.8 Å². The van der Waals surface area contributed by atoms with E-state index in [0.717, 1.165) is 0 Å². The van der Waals surface area contributed by atoms with Crippen molar-refractivity contribution in [3.05, 3.63) is 41.1 Å². The number of rotatable bonds is 2. The summed E-state index contributed by atoms with van der Waals surface area (Å²) in [4.78, 5) is 6.67. The number of methoxy groups -OCH3 is 1. The zero-order chi connectivity index (χ0) is 11.5. The second-order valence-corrected chi connectivity index (χ2v) is 3.52. The van der Waals surface area contributed by atoms with Crippen molar-refractivity contribution in [1.82, 2.24) is 9.97 Å². The van der Waals surface area contributed by atoms with E-state index in [2.05, 4.69) is 9.97 Å². The van der Waals surface area contributed by atoms with Crippen molar-refractivity contribution in [3.63, 3.8) is 0 Å². The average molecular weight is 236 g/mol. The Kier molecular flexibility index (Phi) is 2.96.